The Morgan fingerprint density at radius 3 is 2.57 bits per heavy atom. The number of aromatic nitrogens is 6. The van der Waals surface area contributed by atoms with Crippen LogP contribution in [0.25, 0.3) is 22.6 Å². The predicted octanol–water partition coefficient (Wildman–Crippen LogP) is 4.40. The van der Waals surface area contributed by atoms with E-state index in [1.54, 1.807) is 6.92 Å². The first-order valence-corrected chi connectivity index (χ1v) is 10.3. The standard InChI is InChI=1S/C21H18F6N6O2/c1-2-6-33-18(34)15-17(31-19(33)35-11-20(22,23)24)30-16(29-15)13-8-28-32(10-13)9-12-4-3-5-14(7-12)21(25,26)27/h3-5,7-8,10H,2,6,9,11H2,1H3,(H,29,30). The monoisotopic (exact) mass is 500 g/mol. The lowest BCUT2D eigenvalue weighted by Gasteiger charge is -2.13. The van der Waals surface area contributed by atoms with Gasteiger partial charge in [0.25, 0.3) is 5.56 Å². The molecule has 0 aliphatic rings. The fraction of sp³-hybridized carbons (Fsp3) is 0.333. The predicted molar refractivity (Wildman–Crippen MR) is 112 cm³/mol. The van der Waals surface area contributed by atoms with Gasteiger partial charge in [-0.3, -0.25) is 14.0 Å². The van der Waals surface area contributed by atoms with Crippen molar-refractivity contribution in [2.24, 2.45) is 0 Å². The number of ether oxygens (including phenoxy) is 1. The Hall–Kier alpha value is -3.84. The van der Waals surface area contributed by atoms with Crippen LogP contribution in [0.15, 0.2) is 41.5 Å². The quantitative estimate of drug-likeness (QED) is 0.380. The van der Waals surface area contributed by atoms with Crippen LogP contribution in [0.3, 0.4) is 0 Å². The molecule has 35 heavy (non-hydrogen) atoms. The SMILES string of the molecule is CCCn1c(OCC(F)(F)F)nc2nc(-c3cnn(Cc4cccc(C(F)(F)F)c4)c3)[nH]c2c1=O. The van der Waals surface area contributed by atoms with Gasteiger partial charge in [0.2, 0.25) is 0 Å². The summed E-state index contributed by atoms with van der Waals surface area (Å²) in [5.74, 6) is 0.163. The second kappa shape index (κ2) is 9.07. The molecule has 186 valence electrons. The lowest BCUT2D eigenvalue weighted by molar-refractivity contribution is -0.155. The summed E-state index contributed by atoms with van der Waals surface area (Å²) in [6, 6.07) is 4.32. The van der Waals surface area contributed by atoms with Gasteiger partial charge >= 0.3 is 18.4 Å². The molecular weight excluding hydrogens is 482 g/mol. The van der Waals surface area contributed by atoms with E-state index in [0.717, 1.165) is 16.7 Å². The average Bonchev–Trinajstić information content (AvgIpc) is 3.41. The summed E-state index contributed by atoms with van der Waals surface area (Å²) in [6.45, 7) is 0.245. The minimum absolute atomic E-state index is 0.0292. The third-order valence-electron chi connectivity index (χ3n) is 4.89. The van der Waals surface area contributed by atoms with Crippen LogP contribution in [-0.2, 0) is 19.3 Å². The van der Waals surface area contributed by atoms with Gasteiger partial charge in [0, 0.05) is 12.7 Å². The molecule has 3 heterocycles. The molecule has 4 aromatic rings. The Morgan fingerprint density at radius 2 is 1.89 bits per heavy atom. The van der Waals surface area contributed by atoms with Gasteiger partial charge in [0.15, 0.2) is 17.8 Å². The number of halogens is 6. The zero-order valence-electron chi connectivity index (χ0n) is 18.1. The molecule has 3 aromatic heterocycles. The Bertz CT molecular complexity index is 1400. The first-order chi connectivity index (χ1) is 16.4. The van der Waals surface area contributed by atoms with Gasteiger partial charge in [-0.1, -0.05) is 19.1 Å². The largest absolute Gasteiger partial charge is 0.455 e. The molecule has 0 amide bonds. The van der Waals surface area contributed by atoms with Crippen molar-refractivity contribution in [1.29, 1.82) is 0 Å². The van der Waals surface area contributed by atoms with Gasteiger partial charge < -0.3 is 9.72 Å². The molecule has 8 nitrogen and oxygen atoms in total. The van der Waals surface area contributed by atoms with E-state index < -0.39 is 36.1 Å². The van der Waals surface area contributed by atoms with Gasteiger partial charge in [0.05, 0.1) is 23.9 Å². The summed E-state index contributed by atoms with van der Waals surface area (Å²) in [5.41, 5.74) is -0.829. The third-order valence-corrected chi connectivity index (χ3v) is 4.89. The van der Waals surface area contributed by atoms with Crippen LogP contribution in [0.5, 0.6) is 6.01 Å². The number of nitrogens with one attached hydrogen (secondary N) is 1. The second-order valence-electron chi connectivity index (χ2n) is 7.66. The van der Waals surface area contributed by atoms with E-state index in [2.05, 4.69) is 20.1 Å². The van der Waals surface area contributed by atoms with Gasteiger partial charge in [-0.25, -0.2) is 4.98 Å². The maximum Gasteiger partial charge on any atom is 0.422 e. The van der Waals surface area contributed by atoms with Crippen molar-refractivity contribution in [3.8, 4) is 17.4 Å². The van der Waals surface area contributed by atoms with Crippen LogP contribution < -0.4 is 10.3 Å². The molecule has 0 aliphatic heterocycles. The molecule has 0 atom stereocenters. The summed E-state index contributed by atoms with van der Waals surface area (Å²) in [6.07, 6.45) is -5.76. The first-order valence-electron chi connectivity index (χ1n) is 10.3. The minimum Gasteiger partial charge on any atom is -0.455 e. The van der Waals surface area contributed by atoms with Crippen LogP contribution in [0.4, 0.5) is 26.3 Å². The van der Waals surface area contributed by atoms with Crippen molar-refractivity contribution in [1.82, 2.24) is 29.3 Å². The van der Waals surface area contributed by atoms with Crippen molar-refractivity contribution >= 4 is 11.2 Å². The molecule has 14 heteroatoms. The van der Waals surface area contributed by atoms with Crippen molar-refractivity contribution in [3.05, 3.63) is 58.1 Å². The summed E-state index contributed by atoms with van der Waals surface area (Å²) >= 11 is 0. The number of alkyl halides is 6. The van der Waals surface area contributed by atoms with E-state index in [4.69, 9.17) is 4.74 Å². The number of hydrogen-bond acceptors (Lipinski definition) is 5. The topological polar surface area (TPSA) is 90.6 Å². The summed E-state index contributed by atoms with van der Waals surface area (Å²) in [7, 11) is 0. The fourth-order valence-electron chi connectivity index (χ4n) is 3.39. The second-order valence-corrected chi connectivity index (χ2v) is 7.66. The van der Waals surface area contributed by atoms with E-state index >= 15 is 0 Å². The maximum atomic E-state index is 12.9. The summed E-state index contributed by atoms with van der Waals surface area (Å²) in [4.78, 5) is 23.8. The van der Waals surface area contributed by atoms with Gasteiger partial charge in [-0.05, 0) is 24.1 Å². The van der Waals surface area contributed by atoms with Gasteiger partial charge in [0.1, 0.15) is 5.82 Å². The van der Waals surface area contributed by atoms with Crippen LogP contribution in [0.1, 0.15) is 24.5 Å². The van der Waals surface area contributed by atoms with E-state index in [1.165, 1.54) is 29.2 Å². The van der Waals surface area contributed by atoms with Crippen molar-refractivity contribution in [2.45, 2.75) is 38.8 Å². The Morgan fingerprint density at radius 1 is 1.11 bits per heavy atom. The highest BCUT2D eigenvalue weighted by molar-refractivity contribution is 5.75. The highest BCUT2D eigenvalue weighted by atomic mass is 19.4. The van der Waals surface area contributed by atoms with E-state index in [9.17, 15) is 31.1 Å². The molecule has 0 fully saturated rings. The zero-order chi connectivity index (χ0) is 25.4. The zero-order valence-corrected chi connectivity index (χ0v) is 18.1. The van der Waals surface area contributed by atoms with Gasteiger partial charge in [-0.15, -0.1) is 0 Å². The summed E-state index contributed by atoms with van der Waals surface area (Å²) in [5, 5.41) is 4.12. The smallest absolute Gasteiger partial charge is 0.422 e. The lowest BCUT2D eigenvalue weighted by Crippen LogP contribution is -2.27. The number of benzene rings is 1. The average molecular weight is 500 g/mol. The van der Waals surface area contributed by atoms with Crippen LogP contribution in [-0.4, -0.2) is 42.1 Å². The Balaban J connectivity index is 1.64. The molecular formula is C21H18F6N6O2. The molecule has 0 aliphatic carbocycles. The molecule has 1 aromatic carbocycles. The van der Waals surface area contributed by atoms with E-state index in [1.807, 2.05) is 0 Å². The number of aromatic amines is 1. The third kappa shape index (κ3) is 5.46. The van der Waals surface area contributed by atoms with Crippen molar-refractivity contribution < 1.29 is 31.1 Å². The highest BCUT2D eigenvalue weighted by Crippen LogP contribution is 2.30. The van der Waals surface area contributed by atoms with Crippen molar-refractivity contribution in [3.63, 3.8) is 0 Å². The van der Waals surface area contributed by atoms with E-state index in [-0.39, 0.29) is 30.1 Å². The van der Waals surface area contributed by atoms with E-state index in [0.29, 0.717) is 17.5 Å². The number of nitrogens with zero attached hydrogens (tertiary/aromatic N) is 5. The Kier molecular flexibility index (Phi) is 6.30. The number of imidazole rings is 1. The Labute approximate surface area is 193 Å². The molecule has 0 unspecified atom stereocenters. The number of rotatable bonds is 7. The van der Waals surface area contributed by atoms with Crippen LogP contribution >= 0.6 is 0 Å². The molecule has 0 saturated heterocycles. The fourth-order valence-corrected chi connectivity index (χ4v) is 3.39. The molecule has 4 rings (SSSR count). The van der Waals surface area contributed by atoms with Crippen LogP contribution in [0, 0.1) is 0 Å². The van der Waals surface area contributed by atoms with Crippen LogP contribution in [0.2, 0.25) is 0 Å². The molecule has 0 saturated carbocycles. The number of fused-ring (bicyclic) bond motifs is 1. The molecule has 1 N–H and O–H groups in total. The normalized spacial score (nSPS) is 12.4. The molecule has 0 bridgehead atoms. The summed E-state index contributed by atoms with van der Waals surface area (Å²) < 4.78 is 83.8. The lowest BCUT2D eigenvalue weighted by atomic mass is 10.1. The van der Waals surface area contributed by atoms with Crippen molar-refractivity contribution in [2.75, 3.05) is 6.61 Å². The van der Waals surface area contributed by atoms with Gasteiger partial charge in [-0.2, -0.15) is 36.4 Å². The minimum atomic E-state index is -4.62. The maximum absolute atomic E-state index is 12.9. The molecule has 0 radical (unpaired) electrons. The first kappa shape index (κ1) is 24.3. The number of hydrogen-bond donors (Lipinski definition) is 1. The number of H-pyrrole nitrogens is 1. The molecule has 0 spiro atoms. The highest BCUT2D eigenvalue weighted by Gasteiger charge is 2.31.